The van der Waals surface area contributed by atoms with Crippen LogP contribution >= 0.6 is 11.6 Å². The van der Waals surface area contributed by atoms with Crippen LogP contribution < -0.4 is 0 Å². The smallest absolute Gasteiger partial charge is 0.390 e. The summed E-state index contributed by atoms with van der Waals surface area (Å²) in [5, 5.41) is 19.4. The Kier molecular flexibility index (Phi) is 5.72. The molecule has 0 atom stereocenters. The average Bonchev–Trinajstić information content (AvgIpc) is 3.40. The van der Waals surface area contributed by atoms with Gasteiger partial charge in [-0.1, -0.05) is 34.8 Å². The van der Waals surface area contributed by atoms with Gasteiger partial charge in [0.15, 0.2) is 6.67 Å². The van der Waals surface area contributed by atoms with Crippen molar-refractivity contribution in [2.75, 3.05) is 26.2 Å². The molecule has 0 bridgehead atoms. The molecule has 12 heteroatoms. The van der Waals surface area contributed by atoms with Crippen LogP contribution in [0.15, 0.2) is 42.9 Å². The first-order valence-electron chi connectivity index (χ1n) is 9.32. The first-order valence-corrected chi connectivity index (χ1v) is 9.70. The molecule has 0 N–H and O–H groups in total. The monoisotopic (exact) mass is 430 g/mol. The Balaban J connectivity index is 1.32. The minimum Gasteiger partial charge on any atom is -0.390 e. The fraction of sp³-hybridized carbons (Fsp3) is 0.333. The predicted octanol–water partition coefficient (Wildman–Crippen LogP) is 1.50. The van der Waals surface area contributed by atoms with E-state index >= 15 is 0 Å². The van der Waals surface area contributed by atoms with Crippen molar-refractivity contribution in [2.45, 2.75) is 13.2 Å². The van der Waals surface area contributed by atoms with Gasteiger partial charge in [-0.2, -0.15) is 9.78 Å². The van der Waals surface area contributed by atoms with Crippen LogP contribution in [-0.2, 0) is 13.2 Å². The molecular formula is C18H19ClN8O3. The number of nitro groups is 1. The Hall–Kier alpha value is -3.31. The molecule has 0 aliphatic carbocycles. The standard InChI is InChI=1S/C18H19ClN8O3/c19-15-4-2-1-3-14(15)11-23-7-9-24(10-8-23)17(28)16-5-6-25(21-16)13-26-12-20-18(22-26)27(29)30/h1-6,12H,7-11,13H2. The summed E-state index contributed by atoms with van der Waals surface area (Å²) in [7, 11) is 0. The topological polar surface area (TPSA) is 115 Å². The van der Waals surface area contributed by atoms with Crippen molar-refractivity contribution in [3.05, 3.63) is 69.3 Å². The number of halogens is 1. The zero-order chi connectivity index (χ0) is 21.1. The minimum atomic E-state index is -0.667. The van der Waals surface area contributed by atoms with Gasteiger partial charge in [0, 0.05) is 49.0 Å². The van der Waals surface area contributed by atoms with E-state index in [1.807, 2.05) is 24.3 Å². The Labute approximate surface area is 176 Å². The van der Waals surface area contributed by atoms with Crippen molar-refractivity contribution in [1.82, 2.24) is 34.3 Å². The van der Waals surface area contributed by atoms with E-state index in [1.165, 1.54) is 15.7 Å². The molecule has 3 heterocycles. The summed E-state index contributed by atoms with van der Waals surface area (Å²) in [4.78, 5) is 30.4. The van der Waals surface area contributed by atoms with Gasteiger partial charge in [0.05, 0.1) is 0 Å². The third kappa shape index (κ3) is 4.47. The summed E-state index contributed by atoms with van der Waals surface area (Å²) >= 11 is 6.23. The molecule has 1 aliphatic rings. The molecule has 30 heavy (non-hydrogen) atoms. The lowest BCUT2D eigenvalue weighted by atomic mass is 10.2. The van der Waals surface area contributed by atoms with Crippen molar-refractivity contribution in [3.8, 4) is 0 Å². The van der Waals surface area contributed by atoms with Crippen LogP contribution in [0.25, 0.3) is 0 Å². The van der Waals surface area contributed by atoms with Gasteiger partial charge in [-0.25, -0.2) is 4.68 Å². The number of benzene rings is 1. The van der Waals surface area contributed by atoms with Crippen molar-refractivity contribution in [3.63, 3.8) is 0 Å². The highest BCUT2D eigenvalue weighted by Crippen LogP contribution is 2.18. The third-order valence-electron chi connectivity index (χ3n) is 4.85. The first kappa shape index (κ1) is 20.0. The van der Waals surface area contributed by atoms with Gasteiger partial charge in [-0.3, -0.25) is 9.69 Å². The van der Waals surface area contributed by atoms with E-state index in [4.69, 9.17) is 11.6 Å². The lowest BCUT2D eigenvalue weighted by molar-refractivity contribution is -0.394. The molecule has 0 saturated carbocycles. The molecule has 0 spiro atoms. The first-order chi connectivity index (χ1) is 14.5. The maximum absolute atomic E-state index is 12.8. The average molecular weight is 431 g/mol. The van der Waals surface area contributed by atoms with Gasteiger partial charge in [-0.15, -0.1) is 0 Å². The van der Waals surface area contributed by atoms with Gasteiger partial charge in [-0.05, 0) is 22.6 Å². The molecule has 4 rings (SSSR count). The molecule has 1 amide bonds. The molecule has 156 valence electrons. The molecule has 1 saturated heterocycles. The van der Waals surface area contributed by atoms with Gasteiger partial charge in [0.2, 0.25) is 6.33 Å². The van der Waals surface area contributed by atoms with Crippen LogP contribution in [0.2, 0.25) is 5.02 Å². The number of carbonyl (C=O) groups excluding carboxylic acids is 1. The Morgan fingerprint density at radius 1 is 1.10 bits per heavy atom. The van der Waals surface area contributed by atoms with Crippen molar-refractivity contribution in [2.24, 2.45) is 0 Å². The fourth-order valence-corrected chi connectivity index (χ4v) is 3.47. The molecule has 3 aromatic rings. The largest absolute Gasteiger partial charge is 0.491 e. The van der Waals surface area contributed by atoms with Gasteiger partial charge < -0.3 is 15.0 Å². The lowest BCUT2D eigenvalue weighted by Crippen LogP contribution is -2.48. The molecule has 1 aliphatic heterocycles. The van der Waals surface area contributed by atoms with Crippen LogP contribution in [0.5, 0.6) is 0 Å². The van der Waals surface area contributed by atoms with Crippen molar-refractivity contribution in [1.29, 1.82) is 0 Å². The second kappa shape index (κ2) is 8.59. The summed E-state index contributed by atoms with van der Waals surface area (Å²) in [5.41, 5.74) is 1.40. The lowest BCUT2D eigenvalue weighted by Gasteiger charge is -2.34. The van der Waals surface area contributed by atoms with Gasteiger partial charge >= 0.3 is 5.95 Å². The van der Waals surface area contributed by atoms with E-state index in [1.54, 1.807) is 17.2 Å². The number of piperazine rings is 1. The van der Waals surface area contributed by atoms with Crippen molar-refractivity contribution >= 4 is 23.5 Å². The fourth-order valence-electron chi connectivity index (χ4n) is 3.28. The zero-order valence-corrected chi connectivity index (χ0v) is 16.7. The summed E-state index contributed by atoms with van der Waals surface area (Å²) < 4.78 is 2.77. The molecule has 11 nitrogen and oxygen atoms in total. The third-order valence-corrected chi connectivity index (χ3v) is 5.22. The number of hydrogen-bond acceptors (Lipinski definition) is 7. The summed E-state index contributed by atoms with van der Waals surface area (Å²) in [6.07, 6.45) is 2.88. The Morgan fingerprint density at radius 3 is 2.57 bits per heavy atom. The molecular weight excluding hydrogens is 412 g/mol. The van der Waals surface area contributed by atoms with Gasteiger partial charge in [0.25, 0.3) is 5.91 Å². The van der Waals surface area contributed by atoms with Crippen LogP contribution in [0.1, 0.15) is 16.1 Å². The predicted molar refractivity (Wildman–Crippen MR) is 107 cm³/mol. The van der Waals surface area contributed by atoms with Crippen LogP contribution in [0.3, 0.4) is 0 Å². The highest BCUT2D eigenvalue weighted by Gasteiger charge is 2.24. The number of amides is 1. The normalized spacial score (nSPS) is 14.8. The summed E-state index contributed by atoms with van der Waals surface area (Å²) in [5.74, 6) is -0.621. The summed E-state index contributed by atoms with van der Waals surface area (Å²) in [6, 6.07) is 9.39. The second-order valence-corrected chi connectivity index (χ2v) is 7.29. The maximum Gasteiger partial charge on any atom is 0.491 e. The molecule has 0 unspecified atom stereocenters. The van der Waals surface area contributed by atoms with Gasteiger partial charge in [0.1, 0.15) is 5.69 Å². The van der Waals surface area contributed by atoms with Crippen LogP contribution in [0.4, 0.5) is 5.95 Å². The van der Waals surface area contributed by atoms with Crippen molar-refractivity contribution < 1.29 is 9.72 Å². The molecule has 0 radical (unpaired) electrons. The van der Waals surface area contributed by atoms with E-state index in [0.29, 0.717) is 18.8 Å². The Morgan fingerprint density at radius 2 is 1.87 bits per heavy atom. The molecule has 1 aromatic carbocycles. The summed E-state index contributed by atoms with van der Waals surface area (Å²) in [6.45, 7) is 3.58. The number of nitrogens with zero attached hydrogens (tertiary/aromatic N) is 8. The number of hydrogen-bond donors (Lipinski definition) is 0. The van der Waals surface area contributed by atoms with E-state index < -0.39 is 10.9 Å². The number of aromatic nitrogens is 5. The highest BCUT2D eigenvalue weighted by atomic mass is 35.5. The van der Waals surface area contributed by atoms with E-state index in [0.717, 1.165) is 30.2 Å². The molecule has 1 fully saturated rings. The Bertz CT molecular complexity index is 1060. The van der Waals surface area contributed by atoms with E-state index in [9.17, 15) is 14.9 Å². The van der Waals surface area contributed by atoms with Crippen LogP contribution in [-0.4, -0.2) is 71.4 Å². The maximum atomic E-state index is 12.8. The SMILES string of the molecule is O=C(c1ccn(Cn2cnc([N+](=O)[O-])n2)n1)N1CCN(Cc2ccccc2Cl)CC1. The van der Waals surface area contributed by atoms with Crippen LogP contribution in [0, 0.1) is 10.1 Å². The molecule has 2 aromatic heterocycles. The number of carbonyl (C=O) groups is 1. The zero-order valence-electron chi connectivity index (χ0n) is 16.0. The second-order valence-electron chi connectivity index (χ2n) is 6.88. The number of rotatable bonds is 6. The van der Waals surface area contributed by atoms with E-state index in [2.05, 4.69) is 20.1 Å². The highest BCUT2D eigenvalue weighted by molar-refractivity contribution is 6.31. The quantitative estimate of drug-likeness (QED) is 0.429. The minimum absolute atomic E-state index is 0.125. The van der Waals surface area contributed by atoms with E-state index in [-0.39, 0.29) is 12.6 Å².